The Morgan fingerprint density at radius 3 is 2.88 bits per heavy atom. The number of aromatic amines is 1. The van der Waals surface area contributed by atoms with Gasteiger partial charge in [-0.15, -0.1) is 10.2 Å². The maximum Gasteiger partial charge on any atom is 0.323 e. The number of rotatable bonds is 4. The molecule has 1 aliphatic rings. The van der Waals surface area contributed by atoms with Gasteiger partial charge in [0.2, 0.25) is 5.88 Å². The van der Waals surface area contributed by atoms with Crippen LogP contribution in [0.25, 0.3) is 0 Å². The van der Waals surface area contributed by atoms with Crippen LogP contribution >= 0.6 is 0 Å². The molecule has 0 spiro atoms. The number of piperidine rings is 1. The van der Waals surface area contributed by atoms with Gasteiger partial charge in [0.1, 0.15) is 0 Å². The van der Waals surface area contributed by atoms with Gasteiger partial charge in [-0.05, 0) is 45.2 Å². The molecule has 2 aromatic rings. The minimum absolute atomic E-state index is 0.0118. The summed E-state index contributed by atoms with van der Waals surface area (Å²) in [5.41, 5.74) is 0.955. The van der Waals surface area contributed by atoms with E-state index < -0.39 is 0 Å². The number of aromatic nitrogens is 4. The standard InChI is InChI=1S/C16H22N6O2/c1-11(2)24-15-7-6-14(20-21-15)18-16(23)22-10-4-3-5-13(22)12-8-9-17-19-12/h6-9,11,13H,3-5,10H2,1-2H3,(H,17,19)(H,18,20,23)/t13-/m0/s1. The van der Waals surface area contributed by atoms with Crippen molar-refractivity contribution < 1.29 is 9.53 Å². The molecular formula is C16H22N6O2. The summed E-state index contributed by atoms with van der Waals surface area (Å²) in [6.07, 6.45) is 4.74. The second-order valence-electron chi connectivity index (χ2n) is 6.07. The molecule has 8 heteroatoms. The maximum atomic E-state index is 12.6. The molecule has 2 N–H and O–H groups in total. The first kappa shape index (κ1) is 16.2. The Morgan fingerprint density at radius 2 is 2.21 bits per heavy atom. The zero-order valence-electron chi connectivity index (χ0n) is 13.9. The fourth-order valence-electron chi connectivity index (χ4n) is 2.82. The van der Waals surface area contributed by atoms with Crippen molar-refractivity contribution in [3.05, 3.63) is 30.1 Å². The van der Waals surface area contributed by atoms with Gasteiger partial charge in [-0.3, -0.25) is 10.4 Å². The topological polar surface area (TPSA) is 96.0 Å². The van der Waals surface area contributed by atoms with Crippen LogP contribution in [0.5, 0.6) is 5.88 Å². The lowest BCUT2D eigenvalue weighted by Gasteiger charge is -2.34. The highest BCUT2D eigenvalue weighted by Gasteiger charge is 2.29. The zero-order valence-corrected chi connectivity index (χ0v) is 13.9. The molecule has 0 bridgehead atoms. The summed E-state index contributed by atoms with van der Waals surface area (Å²) < 4.78 is 5.45. The average molecular weight is 330 g/mol. The molecule has 0 aromatic carbocycles. The van der Waals surface area contributed by atoms with Crippen LogP contribution in [-0.2, 0) is 0 Å². The predicted molar refractivity (Wildman–Crippen MR) is 88.7 cm³/mol. The number of amides is 2. The van der Waals surface area contributed by atoms with Crippen molar-refractivity contribution in [3.8, 4) is 5.88 Å². The lowest BCUT2D eigenvalue weighted by Crippen LogP contribution is -2.41. The summed E-state index contributed by atoms with van der Waals surface area (Å²) in [5.74, 6) is 0.848. The second kappa shape index (κ2) is 7.29. The van der Waals surface area contributed by atoms with E-state index in [-0.39, 0.29) is 18.2 Å². The van der Waals surface area contributed by atoms with E-state index in [0.717, 1.165) is 25.0 Å². The molecule has 1 fully saturated rings. The van der Waals surface area contributed by atoms with Crippen molar-refractivity contribution in [2.75, 3.05) is 11.9 Å². The number of anilines is 1. The first-order chi connectivity index (χ1) is 11.6. The summed E-state index contributed by atoms with van der Waals surface area (Å²) in [6.45, 7) is 4.55. The largest absolute Gasteiger partial charge is 0.474 e. The monoisotopic (exact) mass is 330 g/mol. The predicted octanol–water partition coefficient (Wildman–Crippen LogP) is 2.75. The van der Waals surface area contributed by atoms with Crippen molar-refractivity contribution in [3.63, 3.8) is 0 Å². The van der Waals surface area contributed by atoms with Gasteiger partial charge in [0.05, 0.1) is 17.8 Å². The Bertz CT molecular complexity index is 656. The van der Waals surface area contributed by atoms with Crippen LogP contribution < -0.4 is 10.1 Å². The second-order valence-corrected chi connectivity index (χ2v) is 6.07. The molecule has 0 unspecified atom stereocenters. The number of hydrogen-bond acceptors (Lipinski definition) is 5. The van der Waals surface area contributed by atoms with E-state index in [1.54, 1.807) is 18.3 Å². The van der Waals surface area contributed by atoms with Crippen LogP contribution in [0.4, 0.5) is 10.6 Å². The third-order valence-electron chi connectivity index (χ3n) is 3.88. The van der Waals surface area contributed by atoms with Crippen molar-refractivity contribution in [2.24, 2.45) is 0 Å². The van der Waals surface area contributed by atoms with Gasteiger partial charge in [0.25, 0.3) is 0 Å². The van der Waals surface area contributed by atoms with Gasteiger partial charge in [-0.25, -0.2) is 4.79 Å². The normalized spacial score (nSPS) is 17.8. The van der Waals surface area contributed by atoms with Gasteiger partial charge in [-0.2, -0.15) is 5.10 Å². The van der Waals surface area contributed by atoms with Crippen LogP contribution in [-0.4, -0.2) is 44.0 Å². The molecular weight excluding hydrogens is 308 g/mol. The Labute approximate surface area is 140 Å². The Kier molecular flexibility index (Phi) is 4.93. The molecule has 0 saturated carbocycles. The fourth-order valence-corrected chi connectivity index (χ4v) is 2.82. The van der Waals surface area contributed by atoms with Crippen molar-refractivity contribution >= 4 is 11.8 Å². The molecule has 3 rings (SSSR count). The first-order valence-electron chi connectivity index (χ1n) is 8.21. The van der Waals surface area contributed by atoms with E-state index in [1.807, 2.05) is 24.8 Å². The van der Waals surface area contributed by atoms with Gasteiger partial charge >= 0.3 is 6.03 Å². The molecule has 1 saturated heterocycles. The average Bonchev–Trinajstić information content (AvgIpc) is 3.10. The van der Waals surface area contributed by atoms with Crippen LogP contribution in [0.2, 0.25) is 0 Å². The zero-order chi connectivity index (χ0) is 16.9. The first-order valence-corrected chi connectivity index (χ1v) is 8.21. The molecule has 1 aliphatic heterocycles. The third kappa shape index (κ3) is 3.81. The van der Waals surface area contributed by atoms with Crippen LogP contribution in [0, 0.1) is 0 Å². The van der Waals surface area contributed by atoms with Gasteiger partial charge in [0.15, 0.2) is 5.82 Å². The van der Waals surface area contributed by atoms with Gasteiger partial charge in [-0.1, -0.05) is 0 Å². The molecule has 0 radical (unpaired) electrons. The maximum absolute atomic E-state index is 12.6. The molecule has 24 heavy (non-hydrogen) atoms. The highest BCUT2D eigenvalue weighted by atomic mass is 16.5. The summed E-state index contributed by atoms with van der Waals surface area (Å²) in [6, 6.07) is 5.13. The van der Waals surface area contributed by atoms with Crippen LogP contribution in [0.3, 0.4) is 0 Å². The fraction of sp³-hybridized carbons (Fsp3) is 0.500. The molecule has 1 atom stereocenters. The SMILES string of the molecule is CC(C)Oc1ccc(NC(=O)N2CCCC[C@H]2c2ccn[nH]2)nn1. The van der Waals surface area contributed by atoms with Crippen molar-refractivity contribution in [2.45, 2.75) is 45.3 Å². The van der Waals surface area contributed by atoms with E-state index >= 15 is 0 Å². The summed E-state index contributed by atoms with van der Waals surface area (Å²) in [5, 5.41) is 17.7. The number of ether oxygens (including phenoxy) is 1. The molecule has 2 aromatic heterocycles. The summed E-state index contributed by atoms with van der Waals surface area (Å²) in [7, 11) is 0. The highest BCUT2D eigenvalue weighted by molar-refractivity contribution is 5.88. The number of nitrogens with one attached hydrogen (secondary N) is 2. The van der Waals surface area contributed by atoms with E-state index in [4.69, 9.17) is 4.74 Å². The lowest BCUT2D eigenvalue weighted by molar-refractivity contribution is 0.161. The van der Waals surface area contributed by atoms with Crippen molar-refractivity contribution in [1.82, 2.24) is 25.3 Å². The third-order valence-corrected chi connectivity index (χ3v) is 3.88. The Morgan fingerprint density at radius 1 is 1.33 bits per heavy atom. The number of nitrogens with zero attached hydrogens (tertiary/aromatic N) is 4. The number of hydrogen-bond donors (Lipinski definition) is 2. The molecule has 3 heterocycles. The molecule has 8 nitrogen and oxygen atoms in total. The summed E-state index contributed by atoms with van der Waals surface area (Å²) in [4.78, 5) is 14.4. The minimum atomic E-state index is -0.180. The quantitative estimate of drug-likeness (QED) is 0.898. The van der Waals surface area contributed by atoms with Gasteiger partial charge < -0.3 is 9.64 Å². The smallest absolute Gasteiger partial charge is 0.323 e. The number of likely N-dealkylation sites (tertiary alicyclic amines) is 1. The Hall–Kier alpha value is -2.64. The highest BCUT2D eigenvalue weighted by Crippen LogP contribution is 2.30. The number of urea groups is 1. The van der Waals surface area contributed by atoms with Gasteiger partial charge in [0, 0.05) is 18.8 Å². The van der Waals surface area contributed by atoms with E-state index in [2.05, 4.69) is 25.7 Å². The lowest BCUT2D eigenvalue weighted by atomic mass is 10.00. The number of carbonyl (C=O) groups excluding carboxylic acids is 1. The van der Waals surface area contributed by atoms with E-state index in [9.17, 15) is 4.79 Å². The number of carbonyl (C=O) groups is 1. The molecule has 0 aliphatic carbocycles. The van der Waals surface area contributed by atoms with Crippen molar-refractivity contribution in [1.29, 1.82) is 0 Å². The molecule has 2 amide bonds. The van der Waals surface area contributed by atoms with E-state index in [1.165, 1.54) is 0 Å². The van der Waals surface area contributed by atoms with Crippen LogP contribution in [0.15, 0.2) is 24.4 Å². The van der Waals surface area contributed by atoms with E-state index in [0.29, 0.717) is 18.2 Å². The summed E-state index contributed by atoms with van der Waals surface area (Å²) >= 11 is 0. The minimum Gasteiger partial charge on any atom is -0.474 e. The number of H-pyrrole nitrogens is 1. The Balaban J connectivity index is 1.66. The van der Waals surface area contributed by atoms with Crippen LogP contribution in [0.1, 0.15) is 44.8 Å². The molecule has 128 valence electrons.